The van der Waals surface area contributed by atoms with Crippen LogP contribution in [-0.2, 0) is 21.4 Å². The van der Waals surface area contributed by atoms with Crippen molar-refractivity contribution in [3.8, 4) is 5.69 Å². The lowest BCUT2D eigenvalue weighted by atomic mass is 10.0. The number of nitrogens with zero attached hydrogens (tertiary/aromatic N) is 3. The van der Waals surface area contributed by atoms with Crippen LogP contribution >= 0.6 is 0 Å². The molecule has 1 aromatic heterocycles. The largest absolute Gasteiger partial charge is 0.340 e. The van der Waals surface area contributed by atoms with Crippen LogP contribution < -0.4 is 4.72 Å². The zero-order valence-electron chi connectivity index (χ0n) is 17.6. The molecule has 3 aromatic rings. The minimum atomic E-state index is -4.21. The van der Waals surface area contributed by atoms with Gasteiger partial charge < -0.3 is 4.90 Å². The molecule has 0 aliphatic heterocycles. The standard InChI is InChI=1S/C22H25FN4O3S/c1-16(2)21(25-31(29,30)20-12-8-7-11-19(20)23)22(28)26(3)14-17-13-24-27(15-17)18-9-5-4-6-10-18/h4-13,15-16,21,25H,14H2,1-3H3/t21-/m0/s1. The molecule has 7 nitrogen and oxygen atoms in total. The Morgan fingerprint density at radius 3 is 2.42 bits per heavy atom. The maximum absolute atomic E-state index is 14.0. The second-order valence-electron chi connectivity index (χ2n) is 7.60. The minimum Gasteiger partial charge on any atom is -0.340 e. The number of amides is 1. The van der Waals surface area contributed by atoms with E-state index in [0.717, 1.165) is 17.3 Å². The molecule has 1 atom stereocenters. The van der Waals surface area contributed by atoms with Crippen molar-refractivity contribution in [1.82, 2.24) is 19.4 Å². The molecule has 0 fully saturated rings. The highest BCUT2D eigenvalue weighted by Gasteiger charge is 2.31. The Balaban J connectivity index is 1.74. The number of likely N-dealkylation sites (N-methyl/N-ethyl adjacent to an activating group) is 1. The van der Waals surface area contributed by atoms with Gasteiger partial charge in [-0.1, -0.05) is 44.2 Å². The van der Waals surface area contributed by atoms with Gasteiger partial charge in [-0.15, -0.1) is 0 Å². The highest BCUT2D eigenvalue weighted by molar-refractivity contribution is 7.89. The van der Waals surface area contributed by atoms with E-state index in [1.54, 1.807) is 31.8 Å². The highest BCUT2D eigenvalue weighted by Crippen LogP contribution is 2.17. The fourth-order valence-corrected chi connectivity index (χ4v) is 4.53. The summed E-state index contributed by atoms with van der Waals surface area (Å²) >= 11 is 0. The number of para-hydroxylation sites is 1. The fourth-order valence-electron chi connectivity index (χ4n) is 3.12. The van der Waals surface area contributed by atoms with Crippen molar-refractivity contribution in [2.75, 3.05) is 7.05 Å². The van der Waals surface area contributed by atoms with Crippen LogP contribution in [0.25, 0.3) is 5.69 Å². The number of hydrogen-bond donors (Lipinski definition) is 1. The van der Waals surface area contributed by atoms with E-state index in [2.05, 4.69) is 9.82 Å². The molecule has 1 heterocycles. The smallest absolute Gasteiger partial charge is 0.244 e. The third-order valence-corrected chi connectivity index (χ3v) is 6.27. The van der Waals surface area contributed by atoms with Gasteiger partial charge in [0, 0.05) is 25.4 Å². The highest BCUT2D eigenvalue weighted by atomic mass is 32.2. The number of carbonyl (C=O) groups excluding carboxylic acids is 1. The Hall–Kier alpha value is -3.04. The first-order valence-corrected chi connectivity index (χ1v) is 11.3. The number of carbonyl (C=O) groups is 1. The number of nitrogens with one attached hydrogen (secondary N) is 1. The molecule has 9 heteroatoms. The van der Waals surface area contributed by atoms with Crippen LogP contribution in [0, 0.1) is 11.7 Å². The van der Waals surface area contributed by atoms with Crippen LogP contribution in [0.2, 0.25) is 0 Å². The van der Waals surface area contributed by atoms with Crippen LogP contribution in [0.5, 0.6) is 0 Å². The van der Waals surface area contributed by atoms with Gasteiger partial charge in [-0.05, 0) is 30.2 Å². The van der Waals surface area contributed by atoms with Crippen molar-refractivity contribution in [3.63, 3.8) is 0 Å². The van der Waals surface area contributed by atoms with Gasteiger partial charge in [0.2, 0.25) is 15.9 Å². The first kappa shape index (κ1) is 22.6. The second kappa shape index (κ2) is 9.40. The number of aromatic nitrogens is 2. The van der Waals surface area contributed by atoms with Gasteiger partial charge >= 0.3 is 0 Å². The molecule has 0 saturated heterocycles. The van der Waals surface area contributed by atoms with E-state index >= 15 is 0 Å². The molecule has 2 aromatic carbocycles. The summed E-state index contributed by atoms with van der Waals surface area (Å²) in [6.45, 7) is 3.71. The molecule has 164 valence electrons. The van der Waals surface area contributed by atoms with Gasteiger partial charge in [0.1, 0.15) is 16.8 Å². The van der Waals surface area contributed by atoms with E-state index in [1.165, 1.54) is 23.1 Å². The molecule has 0 unspecified atom stereocenters. The molecule has 0 saturated carbocycles. The van der Waals surface area contributed by atoms with Gasteiger partial charge in [-0.2, -0.15) is 9.82 Å². The van der Waals surface area contributed by atoms with E-state index in [1.807, 2.05) is 36.5 Å². The van der Waals surface area contributed by atoms with Gasteiger partial charge in [-0.25, -0.2) is 17.5 Å². The van der Waals surface area contributed by atoms with Crippen LogP contribution in [0.1, 0.15) is 19.4 Å². The lowest BCUT2D eigenvalue weighted by Crippen LogP contribution is -2.50. The van der Waals surface area contributed by atoms with Crippen molar-refractivity contribution < 1.29 is 17.6 Å². The maximum Gasteiger partial charge on any atom is 0.244 e. The molecule has 0 radical (unpaired) electrons. The summed E-state index contributed by atoms with van der Waals surface area (Å²) in [4.78, 5) is 14.0. The summed E-state index contributed by atoms with van der Waals surface area (Å²) in [6, 6.07) is 13.6. The quantitative estimate of drug-likeness (QED) is 0.579. The fraction of sp³-hybridized carbons (Fsp3) is 0.273. The topological polar surface area (TPSA) is 84.3 Å². The van der Waals surface area contributed by atoms with Crippen LogP contribution in [-0.4, -0.2) is 42.1 Å². The number of rotatable bonds is 8. The summed E-state index contributed by atoms with van der Waals surface area (Å²) in [5, 5.41) is 4.31. The molecule has 0 aliphatic rings. The molecule has 3 rings (SSSR count). The van der Waals surface area contributed by atoms with Crippen molar-refractivity contribution in [1.29, 1.82) is 0 Å². The predicted molar refractivity (Wildman–Crippen MR) is 115 cm³/mol. The number of hydrogen-bond acceptors (Lipinski definition) is 4. The molecule has 31 heavy (non-hydrogen) atoms. The molecular formula is C22H25FN4O3S. The summed E-state index contributed by atoms with van der Waals surface area (Å²) in [5.74, 6) is -1.63. The second-order valence-corrected chi connectivity index (χ2v) is 9.28. The van der Waals surface area contributed by atoms with Gasteiger partial charge in [0.15, 0.2) is 0 Å². The van der Waals surface area contributed by atoms with E-state index in [0.29, 0.717) is 0 Å². The van der Waals surface area contributed by atoms with Crippen LogP contribution in [0.3, 0.4) is 0 Å². The lowest BCUT2D eigenvalue weighted by molar-refractivity contribution is -0.133. The zero-order valence-corrected chi connectivity index (χ0v) is 18.4. The molecule has 0 bridgehead atoms. The Kier molecular flexibility index (Phi) is 6.87. The van der Waals surface area contributed by atoms with Crippen LogP contribution in [0.4, 0.5) is 4.39 Å². The van der Waals surface area contributed by atoms with Crippen molar-refractivity contribution in [2.45, 2.75) is 31.3 Å². The molecular weight excluding hydrogens is 419 g/mol. The van der Waals surface area contributed by atoms with E-state index in [4.69, 9.17) is 0 Å². The first-order valence-electron chi connectivity index (χ1n) is 9.80. The Morgan fingerprint density at radius 2 is 1.77 bits per heavy atom. The van der Waals surface area contributed by atoms with Gasteiger partial charge in [0.05, 0.1) is 11.9 Å². The van der Waals surface area contributed by atoms with Crippen molar-refractivity contribution in [3.05, 3.63) is 78.4 Å². The first-order chi connectivity index (χ1) is 14.7. The van der Waals surface area contributed by atoms with Gasteiger partial charge in [-0.3, -0.25) is 4.79 Å². The molecule has 1 amide bonds. The summed E-state index contributed by atoms with van der Waals surface area (Å²) in [6.07, 6.45) is 3.47. The summed E-state index contributed by atoms with van der Waals surface area (Å²) < 4.78 is 43.4. The average Bonchev–Trinajstić information content (AvgIpc) is 3.20. The third-order valence-electron chi connectivity index (χ3n) is 4.79. The summed E-state index contributed by atoms with van der Waals surface area (Å²) in [5.41, 5.74) is 1.68. The zero-order chi connectivity index (χ0) is 22.6. The lowest BCUT2D eigenvalue weighted by Gasteiger charge is -2.26. The monoisotopic (exact) mass is 444 g/mol. The molecule has 1 N–H and O–H groups in total. The average molecular weight is 445 g/mol. The number of benzene rings is 2. The Bertz CT molecular complexity index is 1150. The minimum absolute atomic E-state index is 0.246. The summed E-state index contributed by atoms with van der Waals surface area (Å²) in [7, 11) is -2.62. The third kappa shape index (κ3) is 5.36. The number of sulfonamides is 1. The predicted octanol–water partition coefficient (Wildman–Crippen LogP) is 2.97. The SMILES string of the molecule is CC(C)[C@H](NS(=O)(=O)c1ccccc1F)C(=O)N(C)Cc1cnn(-c2ccccc2)c1. The number of halogens is 1. The van der Waals surface area contributed by atoms with E-state index in [-0.39, 0.29) is 12.5 Å². The van der Waals surface area contributed by atoms with Crippen LogP contribution in [0.15, 0.2) is 71.9 Å². The van der Waals surface area contributed by atoms with Crippen molar-refractivity contribution >= 4 is 15.9 Å². The van der Waals surface area contributed by atoms with E-state index in [9.17, 15) is 17.6 Å². The Labute approximate surface area is 181 Å². The molecule has 0 spiro atoms. The maximum atomic E-state index is 14.0. The normalized spacial score (nSPS) is 12.7. The molecule has 0 aliphatic carbocycles. The Morgan fingerprint density at radius 1 is 1.13 bits per heavy atom. The van der Waals surface area contributed by atoms with Crippen molar-refractivity contribution in [2.24, 2.45) is 5.92 Å². The van der Waals surface area contributed by atoms with Gasteiger partial charge in [0.25, 0.3) is 0 Å². The van der Waals surface area contributed by atoms with E-state index < -0.39 is 32.7 Å².